The highest BCUT2D eigenvalue weighted by atomic mass is 16.3. The fraction of sp³-hybridized carbons (Fsp3) is 0.500. The molecule has 1 aliphatic carbocycles. The predicted molar refractivity (Wildman–Crippen MR) is 80.9 cm³/mol. The maximum Gasteiger partial charge on any atom is 0.256 e. The molecule has 0 atom stereocenters. The zero-order chi connectivity index (χ0) is 15.5. The molecule has 21 heavy (non-hydrogen) atoms. The third-order valence-corrected chi connectivity index (χ3v) is 3.92. The minimum atomic E-state index is -1.22. The Morgan fingerprint density at radius 3 is 2.29 bits per heavy atom. The van der Waals surface area contributed by atoms with Gasteiger partial charge in [0.05, 0.1) is 6.42 Å². The Labute approximate surface area is 125 Å². The molecule has 0 bridgehead atoms. The van der Waals surface area contributed by atoms with Crippen LogP contribution in [0.25, 0.3) is 0 Å². The second-order valence-electron chi connectivity index (χ2n) is 5.85. The number of anilines is 1. The van der Waals surface area contributed by atoms with E-state index in [4.69, 9.17) is 0 Å². The van der Waals surface area contributed by atoms with E-state index in [1.54, 1.807) is 31.1 Å². The molecule has 2 rings (SSSR count). The third kappa shape index (κ3) is 3.82. The summed E-state index contributed by atoms with van der Waals surface area (Å²) in [5.74, 6) is -0.302. The van der Waals surface area contributed by atoms with Crippen molar-refractivity contribution in [3.05, 3.63) is 29.8 Å². The van der Waals surface area contributed by atoms with E-state index in [9.17, 15) is 14.7 Å². The number of benzene rings is 1. The first-order valence-electron chi connectivity index (χ1n) is 7.24. The Hall–Kier alpha value is -1.88. The minimum Gasteiger partial charge on any atom is -0.380 e. The van der Waals surface area contributed by atoms with E-state index in [1.807, 2.05) is 12.1 Å². The topological polar surface area (TPSA) is 69.6 Å². The third-order valence-electron chi connectivity index (χ3n) is 3.92. The van der Waals surface area contributed by atoms with Crippen LogP contribution in [-0.4, -0.2) is 41.5 Å². The van der Waals surface area contributed by atoms with E-state index < -0.39 is 5.60 Å². The smallest absolute Gasteiger partial charge is 0.256 e. The van der Waals surface area contributed by atoms with E-state index in [0.717, 1.165) is 18.4 Å². The van der Waals surface area contributed by atoms with Crippen molar-refractivity contribution < 1.29 is 14.7 Å². The first-order valence-corrected chi connectivity index (χ1v) is 7.24. The molecule has 1 aliphatic rings. The molecule has 2 N–H and O–H groups in total. The SMILES string of the molecule is CN(C)C(=O)Cc1ccc(NC(=O)C2(O)CCCC2)cc1. The fourth-order valence-electron chi connectivity index (χ4n) is 2.47. The molecular weight excluding hydrogens is 268 g/mol. The molecule has 0 saturated heterocycles. The highest BCUT2D eigenvalue weighted by Crippen LogP contribution is 2.30. The number of carbonyl (C=O) groups is 2. The summed E-state index contributed by atoms with van der Waals surface area (Å²) in [5.41, 5.74) is 0.312. The maximum atomic E-state index is 12.1. The summed E-state index contributed by atoms with van der Waals surface area (Å²) >= 11 is 0. The van der Waals surface area contributed by atoms with Gasteiger partial charge in [0.25, 0.3) is 5.91 Å². The minimum absolute atomic E-state index is 0.0343. The summed E-state index contributed by atoms with van der Waals surface area (Å²) in [6.07, 6.45) is 3.15. The summed E-state index contributed by atoms with van der Waals surface area (Å²) in [6.45, 7) is 0. The van der Waals surface area contributed by atoms with E-state index >= 15 is 0 Å². The van der Waals surface area contributed by atoms with Gasteiger partial charge in [0.2, 0.25) is 5.91 Å². The number of hydrogen-bond donors (Lipinski definition) is 2. The van der Waals surface area contributed by atoms with Crippen molar-refractivity contribution in [2.75, 3.05) is 19.4 Å². The largest absolute Gasteiger partial charge is 0.380 e. The second-order valence-corrected chi connectivity index (χ2v) is 5.85. The molecule has 5 heteroatoms. The zero-order valence-electron chi connectivity index (χ0n) is 12.6. The van der Waals surface area contributed by atoms with E-state index in [0.29, 0.717) is 24.9 Å². The fourth-order valence-corrected chi connectivity index (χ4v) is 2.47. The van der Waals surface area contributed by atoms with Crippen LogP contribution in [0.2, 0.25) is 0 Å². The molecule has 2 amide bonds. The van der Waals surface area contributed by atoms with Gasteiger partial charge >= 0.3 is 0 Å². The lowest BCUT2D eigenvalue weighted by Gasteiger charge is -2.21. The molecular formula is C16H22N2O3. The van der Waals surface area contributed by atoms with Crippen LogP contribution in [0.3, 0.4) is 0 Å². The number of carbonyl (C=O) groups excluding carboxylic acids is 2. The molecule has 0 heterocycles. The highest BCUT2D eigenvalue weighted by molar-refractivity contribution is 5.97. The number of nitrogens with one attached hydrogen (secondary N) is 1. The van der Waals surface area contributed by atoms with Gasteiger partial charge < -0.3 is 15.3 Å². The van der Waals surface area contributed by atoms with Crippen molar-refractivity contribution >= 4 is 17.5 Å². The number of nitrogens with zero attached hydrogens (tertiary/aromatic N) is 1. The summed E-state index contributed by atoms with van der Waals surface area (Å²) in [7, 11) is 3.44. The van der Waals surface area contributed by atoms with Crippen LogP contribution >= 0.6 is 0 Å². The molecule has 5 nitrogen and oxygen atoms in total. The number of rotatable bonds is 4. The monoisotopic (exact) mass is 290 g/mol. The van der Waals surface area contributed by atoms with Crippen LogP contribution in [-0.2, 0) is 16.0 Å². The van der Waals surface area contributed by atoms with Crippen LogP contribution in [0.15, 0.2) is 24.3 Å². The molecule has 0 aromatic heterocycles. The van der Waals surface area contributed by atoms with Gasteiger partial charge in [-0.1, -0.05) is 12.1 Å². The van der Waals surface area contributed by atoms with Crippen molar-refractivity contribution in [3.63, 3.8) is 0 Å². The van der Waals surface area contributed by atoms with Crippen molar-refractivity contribution in [2.24, 2.45) is 0 Å². The number of likely N-dealkylation sites (N-methyl/N-ethyl adjacent to an activating group) is 1. The Kier molecular flexibility index (Phi) is 4.63. The number of amides is 2. The lowest BCUT2D eigenvalue weighted by Crippen LogP contribution is -2.40. The molecule has 0 radical (unpaired) electrons. The van der Waals surface area contributed by atoms with Crippen molar-refractivity contribution in [1.29, 1.82) is 0 Å². The van der Waals surface area contributed by atoms with Gasteiger partial charge in [0.15, 0.2) is 0 Å². The molecule has 1 saturated carbocycles. The normalized spacial score (nSPS) is 16.5. The van der Waals surface area contributed by atoms with Crippen LogP contribution in [0, 0.1) is 0 Å². The first-order chi connectivity index (χ1) is 9.90. The van der Waals surface area contributed by atoms with E-state index in [-0.39, 0.29) is 11.8 Å². The molecule has 1 fully saturated rings. The highest BCUT2D eigenvalue weighted by Gasteiger charge is 2.38. The van der Waals surface area contributed by atoms with Gasteiger partial charge in [0, 0.05) is 19.8 Å². The van der Waals surface area contributed by atoms with E-state index in [2.05, 4.69) is 5.32 Å². The van der Waals surface area contributed by atoms with Crippen molar-refractivity contribution in [2.45, 2.75) is 37.7 Å². The molecule has 114 valence electrons. The lowest BCUT2D eigenvalue weighted by molar-refractivity contribution is -0.133. The molecule has 0 aliphatic heterocycles. The Bertz CT molecular complexity index is 517. The summed E-state index contributed by atoms with van der Waals surface area (Å²) in [6, 6.07) is 7.15. The Morgan fingerprint density at radius 1 is 1.19 bits per heavy atom. The predicted octanol–water partition coefficient (Wildman–Crippen LogP) is 1.56. The van der Waals surface area contributed by atoms with Crippen LogP contribution < -0.4 is 5.32 Å². The van der Waals surface area contributed by atoms with Crippen molar-refractivity contribution in [1.82, 2.24) is 4.90 Å². The standard InChI is InChI=1S/C16H22N2O3/c1-18(2)14(19)11-12-5-7-13(8-6-12)17-15(20)16(21)9-3-4-10-16/h5-8,21H,3-4,9-11H2,1-2H3,(H,17,20). The summed E-state index contributed by atoms with van der Waals surface area (Å²) in [4.78, 5) is 25.2. The average Bonchev–Trinajstić information content (AvgIpc) is 2.89. The van der Waals surface area contributed by atoms with Gasteiger partial charge in [-0.15, -0.1) is 0 Å². The number of aliphatic hydroxyl groups is 1. The van der Waals surface area contributed by atoms with Gasteiger partial charge in [-0.3, -0.25) is 9.59 Å². The molecule has 1 aromatic carbocycles. The molecule has 0 unspecified atom stereocenters. The zero-order valence-corrected chi connectivity index (χ0v) is 12.6. The van der Waals surface area contributed by atoms with Gasteiger partial charge in [-0.25, -0.2) is 0 Å². The van der Waals surface area contributed by atoms with Crippen LogP contribution in [0.4, 0.5) is 5.69 Å². The number of hydrogen-bond acceptors (Lipinski definition) is 3. The summed E-state index contributed by atoms with van der Waals surface area (Å²) in [5, 5.41) is 12.9. The van der Waals surface area contributed by atoms with Gasteiger partial charge in [0.1, 0.15) is 5.60 Å². The quantitative estimate of drug-likeness (QED) is 0.884. The van der Waals surface area contributed by atoms with Gasteiger partial charge in [-0.05, 0) is 43.4 Å². The van der Waals surface area contributed by atoms with Crippen molar-refractivity contribution in [3.8, 4) is 0 Å². The summed E-state index contributed by atoms with van der Waals surface area (Å²) < 4.78 is 0. The lowest BCUT2D eigenvalue weighted by atomic mass is 10.0. The Balaban J connectivity index is 1.96. The van der Waals surface area contributed by atoms with Gasteiger partial charge in [-0.2, -0.15) is 0 Å². The Morgan fingerprint density at radius 2 is 1.76 bits per heavy atom. The average molecular weight is 290 g/mol. The van der Waals surface area contributed by atoms with E-state index in [1.165, 1.54) is 0 Å². The second kappa shape index (κ2) is 6.26. The van der Waals surface area contributed by atoms with Crippen LogP contribution in [0.5, 0.6) is 0 Å². The van der Waals surface area contributed by atoms with Crippen LogP contribution in [0.1, 0.15) is 31.2 Å². The maximum absolute atomic E-state index is 12.1. The molecule has 0 spiro atoms. The first kappa shape index (κ1) is 15.5. The molecule has 1 aromatic rings.